The van der Waals surface area contributed by atoms with E-state index in [0.29, 0.717) is 0 Å². The summed E-state index contributed by atoms with van der Waals surface area (Å²) in [7, 11) is 0. The van der Waals surface area contributed by atoms with Gasteiger partial charge in [0.2, 0.25) is 5.95 Å². The van der Waals surface area contributed by atoms with Crippen molar-refractivity contribution >= 4 is 71.1 Å². The van der Waals surface area contributed by atoms with E-state index in [9.17, 15) is 19.7 Å². The number of fused-ring (bicyclic) bond motifs is 3. The van der Waals surface area contributed by atoms with Crippen molar-refractivity contribution in [3.05, 3.63) is 29.3 Å². The Labute approximate surface area is 275 Å². The Morgan fingerprint density at radius 2 is 1.62 bits per heavy atom. The van der Waals surface area contributed by atoms with Gasteiger partial charge < -0.3 is 44.9 Å². The Hall–Kier alpha value is -2.70. The number of halogens is 2. The fourth-order valence-electron chi connectivity index (χ4n) is 6.41. The van der Waals surface area contributed by atoms with Gasteiger partial charge in [0.05, 0.1) is 37.4 Å². The third-order valence-electron chi connectivity index (χ3n) is 8.70. The Morgan fingerprint density at radius 1 is 0.958 bits per heavy atom. The number of rotatable bonds is 2. The molecule has 4 aromatic heterocycles. The Kier molecular flexibility index (Phi) is 7.38. The summed E-state index contributed by atoms with van der Waals surface area (Å²) in [6, 6.07) is 0. The number of aliphatic hydroxyl groups excluding tert-OH is 1. The van der Waals surface area contributed by atoms with Gasteiger partial charge in [-0.05, 0) is 23.6 Å². The predicted octanol–water partition coefficient (Wildman–Crippen LogP) is -0.444. The molecule has 0 amide bonds. The number of aromatic nitrogens is 8. The minimum Gasteiger partial charge on any atom is -0.386 e. The van der Waals surface area contributed by atoms with Gasteiger partial charge in [-0.2, -0.15) is 4.98 Å². The van der Waals surface area contributed by atoms with E-state index in [1.54, 1.807) is 0 Å². The van der Waals surface area contributed by atoms with Crippen LogP contribution >= 0.6 is 13.4 Å². The monoisotopic (exact) mass is 752 g/mol. The molecule has 1 aliphatic carbocycles. The molecule has 48 heavy (non-hydrogen) atoms. The molecule has 2 unspecified atom stereocenters. The maximum atomic E-state index is 15.4. The molecular weight excluding hydrogens is 728 g/mol. The maximum Gasteiger partial charge on any atom is 0.325 e. The van der Waals surface area contributed by atoms with Gasteiger partial charge in [0.15, 0.2) is 35.1 Å². The molecule has 8 N–H and O–H groups in total. The highest BCUT2D eigenvalue weighted by molar-refractivity contribution is 8.07. The van der Waals surface area contributed by atoms with Crippen molar-refractivity contribution in [2.45, 2.75) is 55.3 Å². The Bertz CT molecular complexity index is 2120. The predicted molar refractivity (Wildman–Crippen MR) is 163 cm³/mol. The van der Waals surface area contributed by atoms with Gasteiger partial charge in [-0.3, -0.25) is 28.0 Å². The van der Waals surface area contributed by atoms with E-state index in [0.717, 1.165) is 12.7 Å². The molecule has 0 aromatic carbocycles. The van der Waals surface area contributed by atoms with Gasteiger partial charge in [-0.1, -0.05) is 0 Å². The van der Waals surface area contributed by atoms with Gasteiger partial charge >= 0.3 is 13.4 Å². The summed E-state index contributed by atoms with van der Waals surface area (Å²) in [5.74, 6) is -3.64. The molecule has 4 fully saturated rings. The van der Waals surface area contributed by atoms with E-state index in [1.165, 1.54) is 15.5 Å². The number of aliphatic hydroxyl groups is 1. The lowest BCUT2D eigenvalue weighted by atomic mass is 9.94. The lowest BCUT2D eigenvalue weighted by Crippen LogP contribution is -2.37. The number of nitrogens with zero attached hydrogens (tertiary/aromatic N) is 7. The van der Waals surface area contributed by atoms with Crippen molar-refractivity contribution in [2.75, 3.05) is 24.7 Å². The normalized spacial score (nSPS) is 39.6. The summed E-state index contributed by atoms with van der Waals surface area (Å²) in [5.41, 5.74) is 8.90. The van der Waals surface area contributed by atoms with Crippen LogP contribution in [0.1, 0.15) is 18.9 Å². The molecule has 26 heteroatoms. The number of nitrogen functional groups attached to an aromatic ring is 2. The number of H-pyrrole nitrogens is 1. The molecule has 3 aliphatic heterocycles. The van der Waals surface area contributed by atoms with Crippen LogP contribution in [0.15, 0.2) is 23.8 Å². The van der Waals surface area contributed by atoms with E-state index < -0.39 is 92.9 Å². The Morgan fingerprint density at radius 3 is 2.35 bits per heavy atom. The van der Waals surface area contributed by atoms with Crippen LogP contribution in [0.4, 0.5) is 20.5 Å². The summed E-state index contributed by atoms with van der Waals surface area (Å²) in [5, 5.41) is 11.3. The first kappa shape index (κ1) is 32.5. The molecule has 1 spiro atoms. The molecule has 2 bridgehead atoms. The molecule has 4 aliphatic rings. The Balaban J connectivity index is 1.15. The minimum atomic E-state index is -4.44. The molecule has 1 saturated carbocycles. The first-order chi connectivity index (χ1) is 22.6. The number of imidazole rings is 2. The zero-order valence-electron chi connectivity index (χ0n) is 23.8. The number of aromatic amines is 1. The molecule has 20 nitrogen and oxygen atoms in total. The van der Waals surface area contributed by atoms with E-state index in [1.807, 2.05) is 0 Å². The van der Waals surface area contributed by atoms with Crippen LogP contribution in [-0.2, 0) is 51.2 Å². The number of hydrogen-bond donors (Lipinski definition) is 6. The molecule has 7 heterocycles. The number of alkyl halides is 2. The van der Waals surface area contributed by atoms with Crippen LogP contribution in [0.25, 0.3) is 22.3 Å². The molecule has 258 valence electrons. The third-order valence-corrected chi connectivity index (χ3v) is 11.8. The molecule has 0 radical (unpaired) electrons. The highest BCUT2D eigenvalue weighted by Gasteiger charge is 2.83. The summed E-state index contributed by atoms with van der Waals surface area (Å²) >= 11 is 10.5. The van der Waals surface area contributed by atoms with Crippen molar-refractivity contribution in [1.29, 1.82) is 0 Å². The van der Waals surface area contributed by atoms with Crippen molar-refractivity contribution in [3.63, 3.8) is 0 Å². The number of hydrogen-bond acceptors (Lipinski definition) is 17. The number of anilines is 2. The van der Waals surface area contributed by atoms with Gasteiger partial charge in [-0.25, -0.2) is 28.7 Å². The van der Waals surface area contributed by atoms with Crippen LogP contribution in [0.3, 0.4) is 0 Å². The number of nitrogens with one attached hydrogen (secondary N) is 1. The van der Waals surface area contributed by atoms with Gasteiger partial charge in [0, 0.05) is 6.42 Å². The summed E-state index contributed by atoms with van der Waals surface area (Å²) in [6.45, 7) is -10.2. The SMILES string of the molecule is Nc1nc2c(ncn2[C@@H]2O[C@@H]3COP(O)(=S)O[C@H]4[C@H](n5cnc6c(N)ncnc65)O[C@H](COP(O)(=S)O[C@H]3[C@H]2O)[C@]42CC2(F)F)c(=O)[nH]1. The first-order valence-corrected chi connectivity index (χ1v) is 19.1. The lowest BCUT2D eigenvalue weighted by molar-refractivity contribution is -0.0609. The van der Waals surface area contributed by atoms with E-state index in [2.05, 4.69) is 29.9 Å². The summed E-state index contributed by atoms with van der Waals surface area (Å²) in [4.78, 5) is 57.3. The maximum absolute atomic E-state index is 15.4. The van der Waals surface area contributed by atoms with Crippen LogP contribution in [-0.4, -0.2) is 104 Å². The van der Waals surface area contributed by atoms with E-state index in [4.69, 9.17) is 62.6 Å². The second kappa shape index (κ2) is 10.9. The lowest BCUT2D eigenvalue weighted by Gasteiger charge is -2.29. The minimum absolute atomic E-state index is 0.0118. The van der Waals surface area contributed by atoms with Crippen molar-refractivity contribution in [1.82, 2.24) is 39.0 Å². The highest BCUT2D eigenvalue weighted by Crippen LogP contribution is 2.73. The van der Waals surface area contributed by atoms with Crippen LogP contribution in [0.2, 0.25) is 0 Å². The quantitative estimate of drug-likeness (QED) is 0.142. The molecule has 8 rings (SSSR count). The van der Waals surface area contributed by atoms with Crippen LogP contribution < -0.4 is 17.0 Å². The second-order valence-electron chi connectivity index (χ2n) is 11.5. The molecule has 3 saturated heterocycles. The van der Waals surface area contributed by atoms with Gasteiger partial charge in [0.25, 0.3) is 11.5 Å². The molecule has 4 aromatic rings. The standard InChI is InChI=1S/C22H24F2N10O10P2S2/c23-22(24)3-21(22)8-2-40-45(37,47)43-12-7(41-18(11(12)35)34-6-30-10-16(34)31-20(26)32-17(10)36)1-39-46(38,48)44-13(21)19(42-8)33-5-29-9-14(25)27-4-28-15(9)33/h4-8,11-13,18-19,35H,1-3H2,(H,37,47)(H,38,48)(H2,25,27,28)(H3,26,31,32,36)/t7-,8-,11-,12-,13+,18-,19-,21-,45?,46?/m1/s1. The third kappa shape index (κ3) is 5.01. The average Bonchev–Trinajstić information content (AvgIpc) is 3.49. The van der Waals surface area contributed by atoms with Gasteiger partial charge in [0.1, 0.15) is 36.3 Å². The fraction of sp³-hybridized carbons (Fsp3) is 0.545. The van der Waals surface area contributed by atoms with Crippen LogP contribution in [0, 0.1) is 5.41 Å². The first-order valence-electron chi connectivity index (χ1n) is 13.9. The summed E-state index contributed by atoms with van der Waals surface area (Å²) in [6.07, 6.45) is -7.71. The fourth-order valence-corrected chi connectivity index (χ4v) is 9.28. The van der Waals surface area contributed by atoms with E-state index >= 15 is 8.78 Å². The van der Waals surface area contributed by atoms with Crippen molar-refractivity contribution < 1.29 is 51.2 Å². The highest BCUT2D eigenvalue weighted by atomic mass is 32.5. The largest absolute Gasteiger partial charge is 0.386 e. The van der Waals surface area contributed by atoms with Gasteiger partial charge in [-0.15, -0.1) is 0 Å². The van der Waals surface area contributed by atoms with Crippen molar-refractivity contribution in [2.24, 2.45) is 5.41 Å². The zero-order chi connectivity index (χ0) is 34.0. The van der Waals surface area contributed by atoms with Crippen molar-refractivity contribution in [3.8, 4) is 0 Å². The average molecular weight is 753 g/mol. The number of nitrogens with two attached hydrogens (primary N) is 2. The zero-order valence-corrected chi connectivity index (χ0v) is 27.3. The van der Waals surface area contributed by atoms with Crippen LogP contribution in [0.5, 0.6) is 0 Å². The topological polar surface area (TPSA) is 275 Å². The second-order valence-corrected chi connectivity index (χ2v) is 17.1. The molecule has 10 atom stereocenters. The molecular formula is C22H24F2N10O10P2S2. The smallest absolute Gasteiger partial charge is 0.325 e. The summed E-state index contributed by atoms with van der Waals surface area (Å²) < 4.78 is 68.0. The number of ether oxygens (including phenoxy) is 2. The van der Waals surface area contributed by atoms with E-state index in [-0.39, 0.29) is 34.1 Å².